The molecule has 2 heterocycles. The van der Waals surface area contributed by atoms with Crippen LogP contribution in [0.5, 0.6) is 11.5 Å². The zero-order valence-electron chi connectivity index (χ0n) is 15.8. The highest BCUT2D eigenvalue weighted by Gasteiger charge is 2.27. The molecule has 9 nitrogen and oxygen atoms in total. The van der Waals surface area contributed by atoms with Crippen molar-refractivity contribution in [1.29, 1.82) is 0 Å². The quantitative estimate of drug-likeness (QED) is 0.735. The second-order valence-electron chi connectivity index (χ2n) is 6.78. The third-order valence-electron chi connectivity index (χ3n) is 4.65. The lowest BCUT2D eigenvalue weighted by Gasteiger charge is -2.35. The van der Waals surface area contributed by atoms with E-state index >= 15 is 0 Å². The summed E-state index contributed by atoms with van der Waals surface area (Å²) in [5, 5.41) is 8.93. The maximum atomic E-state index is 12.7. The molecule has 0 bridgehead atoms. The number of carboxylic acids is 1. The van der Waals surface area contributed by atoms with E-state index in [1.807, 2.05) is 12.1 Å². The fraction of sp³-hybridized carbons (Fsp3) is 0.526. The van der Waals surface area contributed by atoms with Crippen LogP contribution in [0.3, 0.4) is 0 Å². The smallest absolute Gasteiger partial charge is 0.323 e. The van der Waals surface area contributed by atoms with Crippen LogP contribution in [-0.2, 0) is 25.5 Å². The van der Waals surface area contributed by atoms with Gasteiger partial charge in [0.25, 0.3) is 0 Å². The Hall–Kier alpha value is -2.81. The minimum Gasteiger partial charge on any atom is -0.486 e. The molecular formula is C19H24N2O7. The number of morpholine rings is 1. The van der Waals surface area contributed by atoms with Gasteiger partial charge in [-0.25, -0.2) is 0 Å². The van der Waals surface area contributed by atoms with Crippen molar-refractivity contribution in [3.05, 3.63) is 23.8 Å². The van der Waals surface area contributed by atoms with Crippen LogP contribution >= 0.6 is 0 Å². The number of benzene rings is 1. The minimum absolute atomic E-state index is 0.0578. The van der Waals surface area contributed by atoms with Crippen molar-refractivity contribution in [3.8, 4) is 11.5 Å². The summed E-state index contributed by atoms with van der Waals surface area (Å²) < 4.78 is 16.7. The molecule has 1 unspecified atom stereocenters. The predicted octanol–water partition coefficient (Wildman–Crippen LogP) is 0.161. The van der Waals surface area contributed by atoms with E-state index in [4.69, 9.17) is 19.3 Å². The third kappa shape index (κ3) is 5.13. The van der Waals surface area contributed by atoms with Crippen LogP contribution in [0.2, 0.25) is 0 Å². The van der Waals surface area contributed by atoms with Gasteiger partial charge in [-0.05, 0) is 17.7 Å². The van der Waals surface area contributed by atoms with Gasteiger partial charge in [0.1, 0.15) is 19.8 Å². The summed E-state index contributed by atoms with van der Waals surface area (Å²) in [6.45, 7) is 3.17. The molecular weight excluding hydrogens is 368 g/mol. The topological polar surface area (TPSA) is 106 Å². The van der Waals surface area contributed by atoms with Gasteiger partial charge >= 0.3 is 5.97 Å². The molecule has 152 valence electrons. The molecule has 0 saturated carbocycles. The molecule has 3 rings (SSSR count). The summed E-state index contributed by atoms with van der Waals surface area (Å²) >= 11 is 0. The molecule has 2 amide bonds. The number of hydrogen-bond acceptors (Lipinski definition) is 6. The number of hydrogen-bond donors (Lipinski definition) is 1. The van der Waals surface area contributed by atoms with Gasteiger partial charge in [-0.3, -0.25) is 14.4 Å². The number of ether oxygens (including phenoxy) is 3. The van der Waals surface area contributed by atoms with Crippen molar-refractivity contribution < 1.29 is 33.7 Å². The molecule has 1 aromatic rings. The normalized spacial score (nSPS) is 18.5. The van der Waals surface area contributed by atoms with Crippen molar-refractivity contribution >= 4 is 17.8 Å². The Morgan fingerprint density at radius 2 is 1.93 bits per heavy atom. The van der Waals surface area contributed by atoms with Gasteiger partial charge in [-0.1, -0.05) is 6.07 Å². The summed E-state index contributed by atoms with van der Waals surface area (Å²) in [4.78, 5) is 38.1. The first-order chi connectivity index (χ1) is 13.4. The van der Waals surface area contributed by atoms with Crippen LogP contribution in [0.4, 0.5) is 0 Å². The second kappa shape index (κ2) is 8.92. The van der Waals surface area contributed by atoms with E-state index in [0.29, 0.717) is 44.4 Å². The maximum absolute atomic E-state index is 12.7. The SMILES string of the molecule is CC(=O)N(CC(=O)O)CC1CN(C(=O)Cc2ccc3c(c2)OCCO3)CCO1. The van der Waals surface area contributed by atoms with Crippen molar-refractivity contribution in [3.63, 3.8) is 0 Å². The summed E-state index contributed by atoms with van der Waals surface area (Å²) in [6, 6.07) is 5.46. The fourth-order valence-electron chi connectivity index (χ4n) is 3.25. The summed E-state index contributed by atoms with van der Waals surface area (Å²) in [5.41, 5.74) is 0.827. The number of rotatable bonds is 6. The first-order valence-corrected chi connectivity index (χ1v) is 9.17. The van der Waals surface area contributed by atoms with E-state index in [-0.39, 0.29) is 31.3 Å². The van der Waals surface area contributed by atoms with Crippen LogP contribution in [0.15, 0.2) is 18.2 Å². The van der Waals surface area contributed by atoms with Crippen LogP contribution in [-0.4, -0.2) is 84.8 Å². The molecule has 2 aliphatic rings. The number of aliphatic carboxylic acids is 1. The van der Waals surface area contributed by atoms with Crippen LogP contribution in [0, 0.1) is 0 Å². The number of amides is 2. The molecule has 0 aliphatic carbocycles. The molecule has 1 saturated heterocycles. The Kier molecular flexibility index (Phi) is 6.35. The lowest BCUT2D eigenvalue weighted by atomic mass is 10.1. The van der Waals surface area contributed by atoms with Gasteiger partial charge in [0.15, 0.2) is 11.5 Å². The van der Waals surface area contributed by atoms with Gasteiger partial charge in [-0.2, -0.15) is 0 Å². The molecule has 2 aliphatic heterocycles. The Balaban J connectivity index is 1.58. The van der Waals surface area contributed by atoms with Gasteiger partial charge in [0, 0.05) is 26.6 Å². The summed E-state index contributed by atoms with van der Waals surface area (Å²) in [7, 11) is 0. The molecule has 28 heavy (non-hydrogen) atoms. The van der Waals surface area contributed by atoms with Crippen LogP contribution in [0.25, 0.3) is 0 Å². The van der Waals surface area contributed by atoms with Crippen molar-refractivity contribution in [2.75, 3.05) is 46.0 Å². The Morgan fingerprint density at radius 1 is 1.18 bits per heavy atom. The third-order valence-corrected chi connectivity index (χ3v) is 4.65. The molecule has 1 aromatic carbocycles. The van der Waals surface area contributed by atoms with Gasteiger partial charge in [0.2, 0.25) is 11.8 Å². The lowest BCUT2D eigenvalue weighted by Crippen LogP contribution is -2.51. The summed E-state index contributed by atoms with van der Waals surface area (Å²) in [5.74, 6) is -0.167. The molecule has 9 heteroatoms. The monoisotopic (exact) mass is 392 g/mol. The average Bonchev–Trinajstić information content (AvgIpc) is 2.67. The zero-order valence-corrected chi connectivity index (χ0v) is 15.8. The van der Waals surface area contributed by atoms with Crippen molar-refractivity contribution in [2.24, 2.45) is 0 Å². The number of carbonyl (C=O) groups excluding carboxylic acids is 2. The summed E-state index contributed by atoms with van der Waals surface area (Å²) in [6.07, 6.45) is -0.198. The Bertz CT molecular complexity index is 752. The Morgan fingerprint density at radius 3 is 2.64 bits per heavy atom. The predicted molar refractivity (Wildman–Crippen MR) is 97.3 cm³/mol. The van der Waals surface area contributed by atoms with E-state index in [2.05, 4.69) is 0 Å². The molecule has 1 fully saturated rings. The van der Waals surface area contributed by atoms with Gasteiger partial charge in [-0.15, -0.1) is 0 Å². The zero-order chi connectivity index (χ0) is 20.1. The lowest BCUT2D eigenvalue weighted by molar-refractivity contribution is -0.147. The number of carbonyl (C=O) groups is 3. The van der Waals surface area contributed by atoms with Crippen LogP contribution in [0.1, 0.15) is 12.5 Å². The number of carboxylic acid groups (broad SMARTS) is 1. The maximum Gasteiger partial charge on any atom is 0.323 e. The van der Waals surface area contributed by atoms with E-state index in [9.17, 15) is 14.4 Å². The van der Waals surface area contributed by atoms with Crippen molar-refractivity contribution in [2.45, 2.75) is 19.4 Å². The first kappa shape index (κ1) is 19.9. The fourth-order valence-corrected chi connectivity index (χ4v) is 3.25. The molecule has 1 atom stereocenters. The number of fused-ring (bicyclic) bond motifs is 1. The standard InChI is InChI=1S/C19H24N2O7/c1-13(22)21(12-19(24)25)11-15-10-20(4-5-26-15)18(23)9-14-2-3-16-17(8-14)28-7-6-27-16/h2-3,8,15H,4-7,9-12H2,1H3,(H,24,25). The van der Waals surface area contributed by atoms with E-state index < -0.39 is 12.1 Å². The second-order valence-corrected chi connectivity index (χ2v) is 6.78. The number of nitrogens with zero attached hydrogens (tertiary/aromatic N) is 2. The highest BCUT2D eigenvalue weighted by Crippen LogP contribution is 2.31. The van der Waals surface area contributed by atoms with Gasteiger partial charge in [0.05, 0.1) is 19.1 Å². The molecule has 0 aromatic heterocycles. The largest absolute Gasteiger partial charge is 0.486 e. The first-order valence-electron chi connectivity index (χ1n) is 9.17. The molecule has 0 radical (unpaired) electrons. The van der Waals surface area contributed by atoms with E-state index in [1.165, 1.54) is 11.8 Å². The van der Waals surface area contributed by atoms with Gasteiger partial charge < -0.3 is 29.1 Å². The minimum atomic E-state index is -1.09. The van der Waals surface area contributed by atoms with E-state index in [0.717, 1.165) is 5.56 Å². The van der Waals surface area contributed by atoms with Crippen molar-refractivity contribution in [1.82, 2.24) is 9.80 Å². The molecule has 0 spiro atoms. The van der Waals surface area contributed by atoms with E-state index in [1.54, 1.807) is 11.0 Å². The molecule has 1 N–H and O–H groups in total. The Labute approximate surface area is 162 Å². The highest BCUT2D eigenvalue weighted by atomic mass is 16.6. The average molecular weight is 392 g/mol. The van der Waals surface area contributed by atoms with Crippen LogP contribution < -0.4 is 9.47 Å². The highest BCUT2D eigenvalue weighted by molar-refractivity contribution is 5.80.